The van der Waals surface area contributed by atoms with Gasteiger partial charge in [0.15, 0.2) is 0 Å². The highest BCUT2D eigenvalue weighted by molar-refractivity contribution is 5.62. The van der Waals surface area contributed by atoms with Crippen molar-refractivity contribution in [3.8, 4) is 0 Å². The molecule has 0 aromatic heterocycles. The van der Waals surface area contributed by atoms with E-state index in [4.69, 9.17) is 0 Å². The van der Waals surface area contributed by atoms with E-state index in [0.29, 0.717) is 23.6 Å². The molecular weight excluding hydrogens is 244 g/mol. The normalized spacial score (nSPS) is 15.2. The lowest BCUT2D eigenvalue weighted by Gasteiger charge is -2.31. The van der Waals surface area contributed by atoms with Crippen LogP contribution in [0.1, 0.15) is 39.2 Å². The average molecular weight is 265 g/mol. The quantitative estimate of drug-likeness (QED) is 0.767. The number of hydrogen-bond donors (Lipinski definition) is 0. The summed E-state index contributed by atoms with van der Waals surface area (Å²) in [5.41, 5.74) is 3.66. The van der Waals surface area contributed by atoms with Crippen LogP contribution in [-0.4, -0.2) is 7.05 Å². The molecule has 0 unspecified atom stereocenters. The highest BCUT2D eigenvalue weighted by atomic mass is 19.1. The minimum Gasteiger partial charge on any atom is -0.348 e. The van der Waals surface area contributed by atoms with E-state index in [1.807, 2.05) is 18.9 Å². The van der Waals surface area contributed by atoms with Gasteiger partial charge in [0.25, 0.3) is 0 Å². The first kappa shape index (κ1) is 14.0. The van der Waals surface area contributed by atoms with Crippen LogP contribution < -0.4 is 4.90 Å². The first-order chi connectivity index (χ1) is 8.90. The Morgan fingerprint density at radius 1 is 1.26 bits per heavy atom. The zero-order valence-corrected chi connectivity index (χ0v) is 12.1. The van der Waals surface area contributed by atoms with Gasteiger partial charge < -0.3 is 4.90 Å². The second-order valence-corrected chi connectivity index (χ2v) is 5.74. The summed E-state index contributed by atoms with van der Waals surface area (Å²) >= 11 is 0. The SMILES string of the molecule is CC1=C(CCC(C)C)Cc2c(F)cc(F)cc2N1C. The van der Waals surface area contributed by atoms with Gasteiger partial charge in [-0.2, -0.15) is 0 Å². The van der Waals surface area contributed by atoms with Crippen LogP contribution in [0.15, 0.2) is 23.4 Å². The summed E-state index contributed by atoms with van der Waals surface area (Å²) in [5, 5.41) is 0. The summed E-state index contributed by atoms with van der Waals surface area (Å²) in [5.74, 6) is -0.317. The first-order valence-electron chi connectivity index (χ1n) is 6.80. The van der Waals surface area contributed by atoms with E-state index in [-0.39, 0.29) is 0 Å². The summed E-state index contributed by atoms with van der Waals surface area (Å²) in [7, 11) is 1.88. The molecule has 0 amide bonds. The number of rotatable bonds is 3. The molecule has 1 aromatic carbocycles. The molecule has 0 spiro atoms. The van der Waals surface area contributed by atoms with E-state index in [1.54, 1.807) is 0 Å². The van der Waals surface area contributed by atoms with E-state index in [0.717, 1.165) is 24.6 Å². The molecule has 0 bridgehead atoms. The van der Waals surface area contributed by atoms with Crippen LogP contribution in [0.3, 0.4) is 0 Å². The van der Waals surface area contributed by atoms with Crippen molar-refractivity contribution in [2.45, 2.75) is 40.0 Å². The molecule has 1 aromatic rings. The molecule has 104 valence electrons. The minimum atomic E-state index is -0.512. The Bertz CT molecular complexity index is 518. The van der Waals surface area contributed by atoms with Crippen LogP contribution in [0.5, 0.6) is 0 Å². The van der Waals surface area contributed by atoms with Gasteiger partial charge in [0, 0.05) is 36.5 Å². The van der Waals surface area contributed by atoms with Crippen LogP contribution >= 0.6 is 0 Å². The third-order valence-corrected chi connectivity index (χ3v) is 3.93. The minimum absolute atomic E-state index is 0.434. The zero-order valence-electron chi connectivity index (χ0n) is 12.1. The Labute approximate surface area is 113 Å². The maximum absolute atomic E-state index is 13.9. The van der Waals surface area contributed by atoms with Crippen molar-refractivity contribution in [2.24, 2.45) is 5.92 Å². The Hall–Kier alpha value is -1.38. The predicted molar refractivity (Wildman–Crippen MR) is 75.2 cm³/mol. The fourth-order valence-electron chi connectivity index (χ4n) is 2.56. The van der Waals surface area contributed by atoms with E-state index in [2.05, 4.69) is 13.8 Å². The molecule has 0 saturated heterocycles. The maximum atomic E-state index is 13.9. The smallest absolute Gasteiger partial charge is 0.131 e. The molecule has 1 aliphatic heterocycles. The molecule has 0 N–H and O–H groups in total. The highest BCUT2D eigenvalue weighted by Gasteiger charge is 2.23. The van der Waals surface area contributed by atoms with E-state index >= 15 is 0 Å². The molecule has 0 fully saturated rings. The molecule has 1 heterocycles. The van der Waals surface area contributed by atoms with Crippen molar-refractivity contribution in [3.63, 3.8) is 0 Å². The number of halogens is 2. The van der Waals surface area contributed by atoms with Crippen LogP contribution in [0, 0.1) is 17.6 Å². The monoisotopic (exact) mass is 265 g/mol. The lowest BCUT2D eigenvalue weighted by molar-refractivity contribution is 0.559. The Morgan fingerprint density at radius 2 is 1.95 bits per heavy atom. The second kappa shape index (κ2) is 5.32. The average Bonchev–Trinajstić information content (AvgIpc) is 2.32. The van der Waals surface area contributed by atoms with Gasteiger partial charge in [0.2, 0.25) is 0 Å². The van der Waals surface area contributed by atoms with E-state index < -0.39 is 11.6 Å². The maximum Gasteiger partial charge on any atom is 0.131 e. The van der Waals surface area contributed by atoms with Crippen molar-refractivity contribution in [1.82, 2.24) is 0 Å². The molecule has 0 aliphatic carbocycles. The Balaban J connectivity index is 2.34. The number of benzene rings is 1. The lowest BCUT2D eigenvalue weighted by Crippen LogP contribution is -2.24. The Morgan fingerprint density at radius 3 is 2.58 bits per heavy atom. The summed E-state index contributed by atoms with van der Waals surface area (Å²) < 4.78 is 27.2. The summed E-state index contributed by atoms with van der Waals surface area (Å²) in [6.07, 6.45) is 2.67. The van der Waals surface area contributed by atoms with Crippen molar-refractivity contribution in [3.05, 3.63) is 40.6 Å². The zero-order chi connectivity index (χ0) is 14.2. The molecule has 0 atom stereocenters. The Kier molecular flexibility index (Phi) is 3.93. The van der Waals surface area contributed by atoms with E-state index in [9.17, 15) is 8.78 Å². The lowest BCUT2D eigenvalue weighted by atomic mass is 9.91. The van der Waals surface area contributed by atoms with Crippen LogP contribution in [-0.2, 0) is 6.42 Å². The molecule has 3 heteroatoms. The topological polar surface area (TPSA) is 3.24 Å². The van der Waals surface area contributed by atoms with Crippen LogP contribution in [0.4, 0.5) is 14.5 Å². The largest absolute Gasteiger partial charge is 0.348 e. The second-order valence-electron chi connectivity index (χ2n) is 5.74. The van der Waals surface area contributed by atoms with Gasteiger partial charge in [-0.1, -0.05) is 13.8 Å². The molecule has 1 aliphatic rings. The molecular formula is C16H21F2N. The number of hydrogen-bond acceptors (Lipinski definition) is 1. The summed E-state index contributed by atoms with van der Waals surface area (Å²) in [4.78, 5) is 1.90. The highest BCUT2D eigenvalue weighted by Crippen LogP contribution is 2.36. The number of anilines is 1. The third-order valence-electron chi connectivity index (χ3n) is 3.93. The third kappa shape index (κ3) is 2.80. The van der Waals surface area contributed by atoms with Gasteiger partial charge in [0.1, 0.15) is 11.6 Å². The number of allylic oxidation sites excluding steroid dienone is 2. The molecule has 2 rings (SSSR count). The predicted octanol–water partition coefficient (Wildman–Crippen LogP) is 4.67. The van der Waals surface area contributed by atoms with Gasteiger partial charge in [-0.3, -0.25) is 0 Å². The molecule has 1 nitrogen and oxygen atoms in total. The first-order valence-corrected chi connectivity index (χ1v) is 6.80. The fraction of sp³-hybridized carbons (Fsp3) is 0.500. The van der Waals surface area contributed by atoms with Gasteiger partial charge in [0.05, 0.1) is 0 Å². The van der Waals surface area contributed by atoms with E-state index in [1.165, 1.54) is 11.6 Å². The van der Waals surface area contributed by atoms with Crippen LogP contribution in [0.25, 0.3) is 0 Å². The summed E-state index contributed by atoms with van der Waals surface area (Å²) in [6, 6.07) is 2.40. The van der Waals surface area contributed by atoms with Gasteiger partial charge >= 0.3 is 0 Å². The van der Waals surface area contributed by atoms with Gasteiger partial charge in [-0.15, -0.1) is 0 Å². The number of nitrogens with zero attached hydrogens (tertiary/aromatic N) is 1. The van der Waals surface area contributed by atoms with Crippen molar-refractivity contribution >= 4 is 5.69 Å². The standard InChI is InChI=1S/C16H21F2N/c1-10(2)5-6-12-7-14-15(18)8-13(17)9-16(14)19(4)11(12)3/h8-10H,5-7H2,1-4H3. The number of fused-ring (bicyclic) bond motifs is 1. The van der Waals surface area contributed by atoms with Gasteiger partial charge in [-0.25, -0.2) is 8.78 Å². The molecule has 19 heavy (non-hydrogen) atoms. The van der Waals surface area contributed by atoms with Gasteiger partial charge in [-0.05, 0) is 37.3 Å². The summed E-state index contributed by atoms with van der Waals surface area (Å²) in [6.45, 7) is 6.40. The molecule has 0 saturated carbocycles. The molecule has 0 radical (unpaired) electrons. The van der Waals surface area contributed by atoms with Crippen molar-refractivity contribution in [2.75, 3.05) is 11.9 Å². The van der Waals surface area contributed by atoms with Crippen molar-refractivity contribution in [1.29, 1.82) is 0 Å². The van der Waals surface area contributed by atoms with Crippen molar-refractivity contribution < 1.29 is 8.78 Å². The fourth-order valence-corrected chi connectivity index (χ4v) is 2.56. The van der Waals surface area contributed by atoms with Crippen LogP contribution in [0.2, 0.25) is 0 Å².